The molecule has 0 bridgehead atoms. The summed E-state index contributed by atoms with van der Waals surface area (Å²) < 4.78 is 0. The molecule has 180 valence electrons. The quantitative estimate of drug-likeness (QED) is 0.306. The number of benzene rings is 4. The van der Waals surface area contributed by atoms with Crippen LogP contribution in [-0.4, -0.2) is 13.1 Å². The van der Waals surface area contributed by atoms with Gasteiger partial charge in [-0.2, -0.15) is 0 Å². The molecule has 0 fully saturated rings. The van der Waals surface area contributed by atoms with Gasteiger partial charge in [-0.3, -0.25) is 0 Å². The molecule has 0 aliphatic carbocycles. The predicted octanol–water partition coefficient (Wildman–Crippen LogP) is -1.27. The van der Waals surface area contributed by atoms with Crippen molar-refractivity contribution in [3.05, 3.63) is 144 Å². The highest BCUT2D eigenvalue weighted by Gasteiger charge is 2.16. The molecular weight excluding hydrogens is 459 g/mol. The van der Waals surface area contributed by atoms with Gasteiger partial charge in [-0.25, -0.2) is 0 Å². The Bertz CT molecular complexity index is 833. The molecule has 0 radical (unpaired) electrons. The third-order valence-corrected chi connectivity index (χ3v) is 5.58. The Morgan fingerprint density at radius 1 is 0.412 bits per heavy atom. The lowest BCUT2D eigenvalue weighted by molar-refractivity contribution is -0.684. The molecule has 2 nitrogen and oxygen atoms in total. The van der Waals surface area contributed by atoms with Crippen molar-refractivity contribution in [3.63, 3.8) is 0 Å². The van der Waals surface area contributed by atoms with Crippen LogP contribution in [0.3, 0.4) is 0 Å². The number of rotatable bonds is 8. The lowest BCUT2D eigenvalue weighted by Crippen LogP contribution is -3.00. The van der Waals surface area contributed by atoms with Crippen LogP contribution in [0.1, 0.15) is 48.2 Å². The molecule has 4 N–H and O–H groups in total. The number of nitrogens with two attached hydrogens (primary N) is 2. The first-order valence-electron chi connectivity index (χ1n) is 11.7. The molecule has 0 heterocycles. The first-order valence-corrected chi connectivity index (χ1v) is 11.7. The van der Waals surface area contributed by atoms with E-state index in [4.69, 9.17) is 0 Å². The summed E-state index contributed by atoms with van der Waals surface area (Å²) in [6.07, 6.45) is 0. The molecule has 0 aliphatic heterocycles. The minimum absolute atomic E-state index is 0. The fraction of sp³-hybridized carbons (Fsp3) is 0.200. The van der Waals surface area contributed by atoms with Gasteiger partial charge >= 0.3 is 0 Å². The smallest absolute Gasteiger partial charge is 0.137 e. The molecule has 0 unspecified atom stereocenters. The van der Waals surface area contributed by atoms with Gasteiger partial charge in [0.15, 0.2) is 0 Å². The van der Waals surface area contributed by atoms with E-state index < -0.39 is 0 Å². The summed E-state index contributed by atoms with van der Waals surface area (Å²) in [5.74, 6) is 0. The highest BCUT2D eigenvalue weighted by molar-refractivity contribution is 5.30. The summed E-state index contributed by atoms with van der Waals surface area (Å²) in [6.45, 7) is 6.57. The van der Waals surface area contributed by atoms with E-state index in [1.54, 1.807) is 0 Å². The number of quaternary nitrogens is 2. The summed E-state index contributed by atoms with van der Waals surface area (Å²) in [7, 11) is 0. The molecule has 4 aromatic rings. The van der Waals surface area contributed by atoms with E-state index >= 15 is 0 Å². The van der Waals surface area contributed by atoms with E-state index in [1.165, 1.54) is 22.3 Å². The maximum atomic E-state index is 2.37. The van der Waals surface area contributed by atoms with E-state index in [0.717, 1.165) is 13.1 Å². The third-order valence-electron chi connectivity index (χ3n) is 5.58. The highest BCUT2D eigenvalue weighted by atomic mass is 35.5. The van der Waals surface area contributed by atoms with E-state index in [1.807, 2.05) is 0 Å². The monoisotopic (exact) mass is 494 g/mol. The van der Waals surface area contributed by atoms with Crippen molar-refractivity contribution in [1.29, 1.82) is 0 Å². The molecule has 0 saturated carbocycles. The van der Waals surface area contributed by atoms with Crippen molar-refractivity contribution >= 4 is 0 Å². The standard InChI is InChI=1S/2C15H17N.2ClH/c2*1-2-16-15(13-9-5-3-6-10-13)14-11-7-4-8-12-14;;/h2*3-12,15-16H,2H2,1H3;2*1H. The topological polar surface area (TPSA) is 33.2 Å². The van der Waals surface area contributed by atoms with E-state index in [2.05, 4.69) is 146 Å². The van der Waals surface area contributed by atoms with Crippen molar-refractivity contribution in [2.45, 2.75) is 25.9 Å². The summed E-state index contributed by atoms with van der Waals surface area (Å²) in [6, 6.07) is 43.5. The van der Waals surface area contributed by atoms with Gasteiger partial charge in [-0.15, -0.1) is 0 Å². The maximum absolute atomic E-state index is 2.37. The lowest BCUT2D eigenvalue weighted by atomic mass is 9.99. The summed E-state index contributed by atoms with van der Waals surface area (Å²) in [5.41, 5.74) is 5.48. The summed E-state index contributed by atoms with van der Waals surface area (Å²) in [4.78, 5) is 0. The minimum Gasteiger partial charge on any atom is -1.00 e. The van der Waals surface area contributed by atoms with Gasteiger partial charge in [-0.05, 0) is 13.8 Å². The Kier molecular flexibility index (Phi) is 14.6. The van der Waals surface area contributed by atoms with Crippen LogP contribution in [0.15, 0.2) is 121 Å². The maximum Gasteiger partial charge on any atom is 0.137 e. The molecule has 0 aromatic heterocycles. The molecule has 0 aliphatic rings. The zero-order valence-electron chi connectivity index (χ0n) is 20.0. The zero-order chi connectivity index (χ0) is 22.4. The average molecular weight is 496 g/mol. The Labute approximate surface area is 217 Å². The van der Waals surface area contributed by atoms with E-state index in [0.29, 0.717) is 12.1 Å². The van der Waals surface area contributed by atoms with Crippen molar-refractivity contribution in [2.75, 3.05) is 13.1 Å². The second-order valence-corrected chi connectivity index (χ2v) is 7.89. The third kappa shape index (κ3) is 8.96. The van der Waals surface area contributed by atoms with Crippen LogP contribution < -0.4 is 35.4 Å². The van der Waals surface area contributed by atoms with Crippen LogP contribution in [-0.2, 0) is 0 Å². The Morgan fingerprint density at radius 2 is 0.618 bits per heavy atom. The molecule has 0 saturated heterocycles. The Morgan fingerprint density at radius 3 is 0.794 bits per heavy atom. The van der Waals surface area contributed by atoms with Gasteiger partial charge in [0.1, 0.15) is 12.1 Å². The fourth-order valence-electron chi connectivity index (χ4n) is 4.04. The molecule has 0 spiro atoms. The molecule has 4 rings (SSSR count). The largest absolute Gasteiger partial charge is 1.00 e. The SMILES string of the molecule is CC[NH2+]C(c1ccccc1)c1ccccc1.CC[NH2+]C(c1ccccc1)c1ccccc1.[Cl-].[Cl-]. The molecule has 4 aromatic carbocycles. The van der Waals surface area contributed by atoms with Crippen LogP contribution in [0.2, 0.25) is 0 Å². The Hall–Kier alpha value is -2.62. The minimum atomic E-state index is 0. The zero-order valence-corrected chi connectivity index (χ0v) is 21.5. The van der Waals surface area contributed by atoms with Gasteiger partial charge < -0.3 is 35.4 Å². The number of hydrogen-bond acceptors (Lipinski definition) is 0. The van der Waals surface area contributed by atoms with Crippen LogP contribution in [0.4, 0.5) is 0 Å². The van der Waals surface area contributed by atoms with E-state index in [-0.39, 0.29) is 24.8 Å². The fourth-order valence-corrected chi connectivity index (χ4v) is 4.04. The van der Waals surface area contributed by atoms with Gasteiger partial charge in [0.2, 0.25) is 0 Å². The predicted molar refractivity (Wildman–Crippen MR) is 134 cm³/mol. The number of hydrogen-bond donors (Lipinski definition) is 2. The first-order chi connectivity index (χ1) is 15.8. The normalized spacial score (nSPS) is 10.0. The Balaban J connectivity index is 0.000000321. The lowest BCUT2D eigenvalue weighted by Gasteiger charge is -2.15. The van der Waals surface area contributed by atoms with Gasteiger partial charge in [0, 0.05) is 22.3 Å². The van der Waals surface area contributed by atoms with Gasteiger partial charge in [-0.1, -0.05) is 121 Å². The van der Waals surface area contributed by atoms with Crippen LogP contribution in [0, 0.1) is 0 Å². The molecule has 4 heteroatoms. The molecule has 34 heavy (non-hydrogen) atoms. The second kappa shape index (κ2) is 16.9. The van der Waals surface area contributed by atoms with Crippen molar-refractivity contribution in [3.8, 4) is 0 Å². The van der Waals surface area contributed by atoms with Crippen LogP contribution in [0.25, 0.3) is 0 Å². The summed E-state index contributed by atoms with van der Waals surface area (Å²) >= 11 is 0. The first kappa shape index (κ1) is 29.4. The highest BCUT2D eigenvalue weighted by Crippen LogP contribution is 2.18. The second-order valence-electron chi connectivity index (χ2n) is 7.89. The average Bonchev–Trinajstić information content (AvgIpc) is 2.88. The van der Waals surface area contributed by atoms with Gasteiger partial charge in [0.25, 0.3) is 0 Å². The number of halogens is 2. The van der Waals surface area contributed by atoms with Crippen molar-refractivity contribution in [1.82, 2.24) is 0 Å². The van der Waals surface area contributed by atoms with E-state index in [9.17, 15) is 0 Å². The molecule has 0 atom stereocenters. The van der Waals surface area contributed by atoms with Crippen molar-refractivity contribution < 1.29 is 35.4 Å². The molecule has 0 amide bonds. The van der Waals surface area contributed by atoms with Crippen LogP contribution in [0.5, 0.6) is 0 Å². The van der Waals surface area contributed by atoms with Crippen molar-refractivity contribution in [2.24, 2.45) is 0 Å². The van der Waals surface area contributed by atoms with Gasteiger partial charge in [0.05, 0.1) is 13.1 Å². The molecular formula is C30H36Cl2N2. The van der Waals surface area contributed by atoms with Crippen LogP contribution >= 0.6 is 0 Å². The summed E-state index contributed by atoms with van der Waals surface area (Å²) in [5, 5.41) is 4.73.